The minimum absolute atomic E-state index is 0.0762. The molecule has 0 amide bonds. The smallest absolute Gasteiger partial charge is 0.343 e. The van der Waals surface area contributed by atoms with Gasteiger partial charge < -0.3 is 14.3 Å². The van der Waals surface area contributed by atoms with Crippen LogP contribution in [0.15, 0.2) is 48.8 Å². The van der Waals surface area contributed by atoms with Crippen LogP contribution in [0.25, 0.3) is 0 Å². The number of quaternary nitrogens is 1. The van der Waals surface area contributed by atoms with Crippen molar-refractivity contribution >= 4 is 5.97 Å². The fourth-order valence-electron chi connectivity index (χ4n) is 5.64. The van der Waals surface area contributed by atoms with E-state index in [0.717, 1.165) is 74.8 Å². The number of aryl methyl sites for hydroxylation is 1. The third kappa shape index (κ3) is 4.86. The molecular weight excluding hydrogens is 402 g/mol. The number of likely N-dealkylation sites (N-methyl/N-ethyl adjacent to an activating group) is 1. The van der Waals surface area contributed by atoms with Crippen LogP contribution in [0.4, 0.5) is 0 Å². The van der Waals surface area contributed by atoms with Gasteiger partial charge in [0.2, 0.25) is 0 Å². The SMILES string of the molecule is C[N+]1(CCCc2ncccn2)CCCC1COC(=O)C(O)(c1ccccc1)C1CCCC1. The molecule has 3 atom stereocenters. The average molecular weight is 439 g/mol. The Morgan fingerprint density at radius 2 is 1.81 bits per heavy atom. The summed E-state index contributed by atoms with van der Waals surface area (Å²) in [6, 6.07) is 11.5. The van der Waals surface area contributed by atoms with E-state index in [1.54, 1.807) is 12.4 Å². The second-order valence-corrected chi connectivity index (χ2v) is 9.70. The molecule has 4 rings (SSSR count). The first kappa shape index (κ1) is 22.9. The minimum atomic E-state index is -1.55. The summed E-state index contributed by atoms with van der Waals surface area (Å²) in [5, 5.41) is 11.6. The van der Waals surface area contributed by atoms with E-state index in [0.29, 0.717) is 12.2 Å². The number of rotatable bonds is 9. The summed E-state index contributed by atoms with van der Waals surface area (Å²) in [5.41, 5.74) is -0.895. The van der Waals surface area contributed by atoms with Gasteiger partial charge in [0.25, 0.3) is 0 Å². The number of hydrogen-bond donors (Lipinski definition) is 1. The van der Waals surface area contributed by atoms with E-state index in [2.05, 4.69) is 17.0 Å². The largest absolute Gasteiger partial charge is 0.457 e. The molecule has 0 radical (unpaired) electrons. The zero-order chi connectivity index (χ0) is 22.4. The number of ether oxygens (including phenoxy) is 1. The first-order valence-corrected chi connectivity index (χ1v) is 12.1. The summed E-state index contributed by atoms with van der Waals surface area (Å²) in [6.45, 7) is 2.45. The lowest BCUT2D eigenvalue weighted by molar-refractivity contribution is -0.921. The van der Waals surface area contributed by atoms with Gasteiger partial charge in [0.05, 0.1) is 20.1 Å². The van der Waals surface area contributed by atoms with Crippen LogP contribution in [0, 0.1) is 5.92 Å². The highest BCUT2D eigenvalue weighted by Crippen LogP contribution is 2.41. The number of aromatic nitrogens is 2. The van der Waals surface area contributed by atoms with Gasteiger partial charge in [-0.2, -0.15) is 0 Å². The van der Waals surface area contributed by atoms with E-state index >= 15 is 0 Å². The van der Waals surface area contributed by atoms with Gasteiger partial charge in [-0.15, -0.1) is 0 Å². The Morgan fingerprint density at radius 3 is 2.53 bits per heavy atom. The molecule has 1 N–H and O–H groups in total. The third-order valence-corrected chi connectivity index (χ3v) is 7.65. The molecule has 6 heteroatoms. The number of esters is 1. The number of likely N-dealkylation sites (tertiary alicyclic amines) is 1. The molecule has 0 bridgehead atoms. The van der Waals surface area contributed by atoms with Gasteiger partial charge in [0.15, 0.2) is 5.60 Å². The van der Waals surface area contributed by atoms with Crippen LogP contribution >= 0.6 is 0 Å². The molecule has 3 unspecified atom stereocenters. The highest BCUT2D eigenvalue weighted by Gasteiger charge is 2.48. The zero-order valence-electron chi connectivity index (χ0n) is 19.2. The lowest BCUT2D eigenvalue weighted by Crippen LogP contribution is -2.52. The fraction of sp³-hybridized carbons (Fsp3) is 0.577. The van der Waals surface area contributed by atoms with Crippen molar-refractivity contribution in [3.05, 3.63) is 60.2 Å². The van der Waals surface area contributed by atoms with Crippen LogP contribution in [0.3, 0.4) is 0 Å². The van der Waals surface area contributed by atoms with E-state index in [4.69, 9.17) is 4.74 Å². The predicted molar refractivity (Wildman–Crippen MR) is 123 cm³/mol. The van der Waals surface area contributed by atoms with Crippen molar-refractivity contribution in [2.24, 2.45) is 5.92 Å². The van der Waals surface area contributed by atoms with E-state index in [1.165, 1.54) is 0 Å². The molecule has 172 valence electrons. The lowest BCUT2D eigenvalue weighted by Gasteiger charge is -2.37. The van der Waals surface area contributed by atoms with Crippen molar-refractivity contribution in [1.82, 2.24) is 9.97 Å². The molecule has 0 spiro atoms. The van der Waals surface area contributed by atoms with Crippen molar-refractivity contribution in [1.29, 1.82) is 0 Å². The number of hydrogen-bond acceptors (Lipinski definition) is 5. The van der Waals surface area contributed by atoms with Gasteiger partial charge >= 0.3 is 5.97 Å². The minimum Gasteiger partial charge on any atom is -0.457 e. The summed E-state index contributed by atoms with van der Waals surface area (Å²) in [4.78, 5) is 22.0. The maximum Gasteiger partial charge on any atom is 0.343 e. The first-order valence-electron chi connectivity index (χ1n) is 12.1. The molecule has 2 heterocycles. The Balaban J connectivity index is 1.38. The normalized spacial score (nSPS) is 25.5. The summed E-state index contributed by atoms with van der Waals surface area (Å²) in [6.07, 6.45) is 11.4. The Bertz CT molecular complexity index is 872. The van der Waals surface area contributed by atoms with Gasteiger partial charge in [-0.3, -0.25) is 0 Å². The number of carbonyl (C=O) groups excluding carboxylic acids is 1. The van der Waals surface area contributed by atoms with Crippen molar-refractivity contribution in [2.75, 3.05) is 26.7 Å². The number of aliphatic hydroxyl groups is 1. The number of benzene rings is 1. The van der Waals surface area contributed by atoms with E-state index < -0.39 is 11.6 Å². The van der Waals surface area contributed by atoms with Crippen LogP contribution in [-0.2, 0) is 21.6 Å². The molecule has 6 nitrogen and oxygen atoms in total. The number of nitrogens with zero attached hydrogens (tertiary/aromatic N) is 3. The quantitative estimate of drug-likeness (QED) is 0.478. The fourth-order valence-corrected chi connectivity index (χ4v) is 5.64. The van der Waals surface area contributed by atoms with Crippen LogP contribution in [0.2, 0.25) is 0 Å². The molecule has 1 aromatic heterocycles. The molecule has 1 aliphatic carbocycles. The first-order chi connectivity index (χ1) is 15.5. The Morgan fingerprint density at radius 1 is 1.09 bits per heavy atom. The zero-order valence-corrected chi connectivity index (χ0v) is 19.2. The molecular formula is C26H36N3O3+. The van der Waals surface area contributed by atoms with Crippen LogP contribution in [0.5, 0.6) is 0 Å². The lowest BCUT2D eigenvalue weighted by atomic mass is 9.80. The van der Waals surface area contributed by atoms with E-state index in [1.807, 2.05) is 36.4 Å². The van der Waals surface area contributed by atoms with Crippen molar-refractivity contribution in [3.8, 4) is 0 Å². The molecule has 1 saturated carbocycles. The standard InChI is InChI=1S/C26H36N3O3/c1-29(19-8-15-24-27-16-9-17-28-24)18-7-14-23(29)20-32-25(30)26(31,22-12-5-6-13-22)21-10-3-2-4-11-21/h2-4,9-11,16-17,22-23,31H,5-8,12-15,18-20H2,1H3/q+1. The molecule has 2 fully saturated rings. The Labute approximate surface area is 191 Å². The third-order valence-electron chi connectivity index (χ3n) is 7.65. The van der Waals surface area contributed by atoms with Crippen LogP contribution in [-0.4, -0.2) is 58.3 Å². The predicted octanol–water partition coefficient (Wildman–Crippen LogP) is 3.64. The monoisotopic (exact) mass is 438 g/mol. The highest BCUT2D eigenvalue weighted by molar-refractivity contribution is 5.81. The topological polar surface area (TPSA) is 72.3 Å². The summed E-state index contributed by atoms with van der Waals surface area (Å²) in [5.74, 6) is 0.324. The molecule has 1 aliphatic heterocycles. The van der Waals surface area contributed by atoms with Crippen molar-refractivity contribution in [3.63, 3.8) is 0 Å². The van der Waals surface area contributed by atoms with Crippen LogP contribution < -0.4 is 0 Å². The van der Waals surface area contributed by atoms with Gasteiger partial charge in [0.1, 0.15) is 18.5 Å². The molecule has 2 aliphatic rings. The second kappa shape index (κ2) is 10.1. The summed E-state index contributed by atoms with van der Waals surface area (Å²) >= 11 is 0. The Hall–Kier alpha value is -2.31. The average Bonchev–Trinajstić information content (AvgIpc) is 3.49. The maximum atomic E-state index is 13.3. The maximum absolute atomic E-state index is 13.3. The molecule has 2 aromatic rings. The summed E-state index contributed by atoms with van der Waals surface area (Å²) in [7, 11) is 2.26. The molecule has 1 saturated heterocycles. The second-order valence-electron chi connectivity index (χ2n) is 9.70. The Kier molecular flexibility index (Phi) is 7.21. The molecule has 32 heavy (non-hydrogen) atoms. The van der Waals surface area contributed by atoms with Gasteiger partial charge in [-0.25, -0.2) is 14.8 Å². The number of carbonyl (C=O) groups is 1. The van der Waals surface area contributed by atoms with Gasteiger partial charge in [0, 0.05) is 44.0 Å². The summed E-state index contributed by atoms with van der Waals surface area (Å²) < 4.78 is 6.78. The molecule has 1 aromatic carbocycles. The van der Waals surface area contributed by atoms with Crippen molar-refractivity contribution < 1.29 is 19.1 Å². The van der Waals surface area contributed by atoms with E-state index in [-0.39, 0.29) is 12.0 Å². The van der Waals surface area contributed by atoms with Gasteiger partial charge in [-0.1, -0.05) is 43.2 Å². The van der Waals surface area contributed by atoms with Gasteiger partial charge in [-0.05, 0) is 24.5 Å². The van der Waals surface area contributed by atoms with Crippen LogP contribution in [0.1, 0.15) is 56.3 Å². The van der Waals surface area contributed by atoms with Crippen molar-refractivity contribution in [2.45, 2.75) is 63.0 Å². The van der Waals surface area contributed by atoms with E-state index in [9.17, 15) is 9.90 Å². The highest BCUT2D eigenvalue weighted by atomic mass is 16.6.